The highest BCUT2D eigenvalue weighted by Crippen LogP contribution is 2.34. The van der Waals surface area contributed by atoms with Crippen molar-refractivity contribution in [3.63, 3.8) is 0 Å². The highest BCUT2D eigenvalue weighted by Gasteiger charge is 2.40. The number of nitrogens with two attached hydrogens (primary N) is 1. The smallest absolute Gasteiger partial charge is 0.299 e. The molecule has 1 amide bonds. The fraction of sp³-hybridized carbons (Fsp3) is 0.538. The molecule has 3 aliphatic rings. The minimum Gasteiger partial charge on any atom is -0.394 e. The van der Waals surface area contributed by atoms with E-state index in [1.807, 2.05) is 0 Å². The van der Waals surface area contributed by atoms with Crippen molar-refractivity contribution in [2.45, 2.75) is 37.1 Å². The average Bonchev–Trinajstić information content (AvgIpc) is 3.11. The normalized spacial score (nSPS) is 35.5. The number of nitrogens with one attached hydrogen (secondary N) is 1. The lowest BCUT2D eigenvalue weighted by molar-refractivity contribution is -0.0451. The van der Waals surface area contributed by atoms with Crippen molar-refractivity contribution in [1.29, 1.82) is 0 Å². The molecular weight excluding hydrogens is 304 g/mol. The van der Waals surface area contributed by atoms with Gasteiger partial charge in [0, 0.05) is 12.6 Å². The molecule has 0 bridgehead atoms. The summed E-state index contributed by atoms with van der Waals surface area (Å²) in [6.07, 6.45) is 0.817. The van der Waals surface area contributed by atoms with Gasteiger partial charge >= 0.3 is 0 Å². The van der Waals surface area contributed by atoms with E-state index in [4.69, 9.17) is 10.5 Å². The predicted molar refractivity (Wildman–Crippen MR) is 78.0 cm³/mol. The van der Waals surface area contributed by atoms with E-state index in [2.05, 4.69) is 20.3 Å². The van der Waals surface area contributed by atoms with Crippen LogP contribution in [-0.4, -0.2) is 62.8 Å². The Morgan fingerprint density at radius 2 is 2.35 bits per heavy atom. The lowest BCUT2D eigenvalue weighted by Gasteiger charge is -2.28. The summed E-state index contributed by atoms with van der Waals surface area (Å²) in [6.45, 7) is -0.276. The van der Waals surface area contributed by atoms with Crippen molar-refractivity contribution >= 4 is 18.0 Å². The summed E-state index contributed by atoms with van der Waals surface area (Å²) in [7, 11) is 0. The maximum absolute atomic E-state index is 12.1. The summed E-state index contributed by atoms with van der Waals surface area (Å²) in [5.41, 5.74) is 6.51. The Labute approximate surface area is 130 Å². The fourth-order valence-corrected chi connectivity index (χ4v) is 3.12. The number of aromatic nitrogens is 2. The van der Waals surface area contributed by atoms with Gasteiger partial charge in [0.05, 0.1) is 30.7 Å². The van der Waals surface area contributed by atoms with Crippen LogP contribution in [0.2, 0.25) is 0 Å². The van der Waals surface area contributed by atoms with Crippen LogP contribution in [0.15, 0.2) is 16.3 Å². The van der Waals surface area contributed by atoms with Crippen LogP contribution >= 0.6 is 0 Å². The van der Waals surface area contributed by atoms with Crippen LogP contribution in [0, 0.1) is 0 Å². The molecule has 5 atom stereocenters. The van der Waals surface area contributed by atoms with Gasteiger partial charge in [-0.2, -0.15) is 4.99 Å². The first-order valence-electron chi connectivity index (χ1n) is 7.28. The van der Waals surface area contributed by atoms with E-state index in [1.54, 1.807) is 10.8 Å². The van der Waals surface area contributed by atoms with E-state index in [1.165, 1.54) is 6.33 Å². The van der Waals surface area contributed by atoms with Crippen LogP contribution in [0.1, 0.15) is 34.7 Å². The number of carbonyl (C=O) groups is 1. The van der Waals surface area contributed by atoms with Gasteiger partial charge in [-0.25, -0.2) is 4.98 Å². The Morgan fingerprint density at radius 1 is 1.52 bits per heavy atom. The monoisotopic (exact) mass is 320 g/mol. The molecule has 4 rings (SSSR count). The second-order valence-electron chi connectivity index (χ2n) is 5.67. The zero-order chi connectivity index (χ0) is 16.1. The molecule has 0 aliphatic carbocycles. The number of aliphatic hydroxyl groups excluding tert-OH is 2. The number of nitrogens with zero attached hydrogens (tertiary/aromatic N) is 4. The van der Waals surface area contributed by atoms with Crippen molar-refractivity contribution in [2.75, 3.05) is 6.61 Å². The number of hydrogen-bond acceptors (Lipinski definition) is 8. The van der Waals surface area contributed by atoms with Gasteiger partial charge in [0.2, 0.25) is 0 Å². The Morgan fingerprint density at radius 3 is 3.09 bits per heavy atom. The largest absolute Gasteiger partial charge is 0.394 e. The summed E-state index contributed by atoms with van der Waals surface area (Å²) in [4.78, 5) is 24.4. The maximum Gasteiger partial charge on any atom is 0.299 e. The van der Waals surface area contributed by atoms with E-state index in [9.17, 15) is 15.0 Å². The first-order chi connectivity index (χ1) is 11.1. The minimum atomic E-state index is -0.776. The molecule has 23 heavy (non-hydrogen) atoms. The molecule has 0 spiro atoms. The Hall–Kier alpha value is -2.14. The third kappa shape index (κ3) is 2.18. The van der Waals surface area contributed by atoms with Crippen molar-refractivity contribution in [1.82, 2.24) is 14.9 Å². The van der Waals surface area contributed by atoms with Gasteiger partial charge in [0.15, 0.2) is 12.0 Å². The lowest BCUT2D eigenvalue weighted by atomic mass is 9.98. The fourth-order valence-electron chi connectivity index (χ4n) is 3.12. The molecule has 10 nitrogen and oxygen atoms in total. The number of aliphatic hydroxyl groups is 2. The number of aliphatic imine (C=N–C) groups is 2. The Balaban J connectivity index is 1.74. The summed E-state index contributed by atoms with van der Waals surface area (Å²) >= 11 is 0. The first kappa shape index (κ1) is 14.5. The molecule has 1 aromatic heterocycles. The molecule has 4 heterocycles. The molecule has 5 N–H and O–H groups in total. The highest BCUT2D eigenvalue weighted by molar-refractivity contribution is 6.15. The molecule has 1 aromatic rings. The molecule has 0 aromatic carbocycles. The van der Waals surface area contributed by atoms with Crippen molar-refractivity contribution < 1.29 is 19.7 Å². The van der Waals surface area contributed by atoms with Gasteiger partial charge in [0.1, 0.15) is 18.2 Å². The number of amides is 1. The Kier molecular flexibility index (Phi) is 3.27. The lowest BCUT2D eigenvalue weighted by Crippen LogP contribution is -2.48. The number of imidazole rings is 1. The number of fused-ring (bicyclic) bond motifs is 3. The number of amidine groups is 1. The number of ether oxygens (including phenoxy) is 1. The molecule has 122 valence electrons. The number of carbonyl (C=O) groups excluding carboxylic acids is 1. The topological polar surface area (TPSA) is 147 Å². The SMILES string of the molecule is NC1N=CC2C(=NC(=O)c3ncn([C@H]4C[C@@H](O)[C@@H](CO)O4)c32)N1. The second kappa shape index (κ2) is 5.20. The second-order valence-corrected chi connectivity index (χ2v) is 5.67. The van der Waals surface area contributed by atoms with Gasteiger partial charge in [-0.3, -0.25) is 15.5 Å². The van der Waals surface area contributed by atoms with Crippen LogP contribution in [0.3, 0.4) is 0 Å². The molecule has 0 radical (unpaired) electrons. The zero-order valence-electron chi connectivity index (χ0n) is 12.0. The quantitative estimate of drug-likeness (QED) is 0.496. The van der Waals surface area contributed by atoms with E-state index < -0.39 is 30.6 Å². The van der Waals surface area contributed by atoms with Crippen molar-refractivity contribution in [3.8, 4) is 0 Å². The zero-order valence-corrected chi connectivity index (χ0v) is 12.0. The summed E-state index contributed by atoms with van der Waals surface area (Å²) < 4.78 is 7.34. The van der Waals surface area contributed by atoms with Gasteiger partial charge in [-0.1, -0.05) is 0 Å². The number of hydrogen-bond donors (Lipinski definition) is 4. The summed E-state index contributed by atoms with van der Waals surface area (Å²) in [5.74, 6) is -0.417. The molecule has 10 heteroatoms. The van der Waals surface area contributed by atoms with E-state index in [0.29, 0.717) is 18.0 Å². The van der Waals surface area contributed by atoms with Crippen molar-refractivity contribution in [2.24, 2.45) is 15.7 Å². The summed E-state index contributed by atoms with van der Waals surface area (Å²) in [5, 5.41) is 22.0. The minimum absolute atomic E-state index is 0.230. The summed E-state index contributed by atoms with van der Waals surface area (Å²) in [6, 6.07) is 0. The predicted octanol–water partition coefficient (Wildman–Crippen LogP) is -1.92. The van der Waals surface area contributed by atoms with E-state index in [-0.39, 0.29) is 18.2 Å². The van der Waals surface area contributed by atoms with Crippen LogP contribution in [-0.2, 0) is 4.74 Å². The maximum atomic E-state index is 12.1. The van der Waals surface area contributed by atoms with Gasteiger partial charge < -0.3 is 24.8 Å². The van der Waals surface area contributed by atoms with Gasteiger partial charge in [-0.15, -0.1) is 0 Å². The standard InChI is InChI=1S/C13H16N6O4/c14-13-15-2-5-10-9(12(22)17-11(5)18-13)16-4-19(10)8-1-6(21)7(3-20)23-8/h2,4-8,13,20-21H,1,3,14H2,(H,17,18,22)/t5?,6-,7-,8-,13?/m1/s1. The molecular formula is C13H16N6O4. The first-order valence-corrected chi connectivity index (χ1v) is 7.28. The van der Waals surface area contributed by atoms with Crippen LogP contribution in [0.4, 0.5) is 0 Å². The third-order valence-electron chi connectivity index (χ3n) is 4.23. The van der Waals surface area contributed by atoms with E-state index >= 15 is 0 Å². The average molecular weight is 320 g/mol. The van der Waals surface area contributed by atoms with Gasteiger partial charge in [0.25, 0.3) is 5.91 Å². The molecule has 3 aliphatic heterocycles. The molecule has 2 unspecified atom stereocenters. The van der Waals surface area contributed by atoms with E-state index in [0.717, 1.165) is 0 Å². The van der Waals surface area contributed by atoms with Gasteiger partial charge in [-0.05, 0) is 0 Å². The van der Waals surface area contributed by atoms with Crippen molar-refractivity contribution in [3.05, 3.63) is 17.7 Å². The van der Waals surface area contributed by atoms with Crippen LogP contribution in [0.5, 0.6) is 0 Å². The Bertz CT molecular complexity index is 713. The third-order valence-corrected chi connectivity index (χ3v) is 4.23. The molecule has 0 saturated carbocycles. The highest BCUT2D eigenvalue weighted by atomic mass is 16.5. The van der Waals surface area contributed by atoms with Crippen LogP contribution < -0.4 is 11.1 Å². The molecule has 1 saturated heterocycles. The number of rotatable bonds is 2. The molecule has 1 fully saturated rings. The van der Waals surface area contributed by atoms with Crippen LogP contribution in [0.25, 0.3) is 0 Å².